The predicted molar refractivity (Wildman–Crippen MR) is 127 cm³/mol. The molecule has 0 fully saturated rings. The second-order valence-electron chi connectivity index (χ2n) is 7.47. The highest BCUT2D eigenvalue weighted by Gasteiger charge is 2.22. The van der Waals surface area contributed by atoms with Crippen molar-refractivity contribution in [3.63, 3.8) is 0 Å². The SMILES string of the molecule is COC(=O)N(Cc1cc(OC)ccc1-c1ccccc1)n1cc(CCN)c2ccccc21. The van der Waals surface area contributed by atoms with E-state index < -0.39 is 6.09 Å². The van der Waals surface area contributed by atoms with Crippen LogP contribution < -0.4 is 15.5 Å². The molecule has 0 aliphatic heterocycles. The average Bonchev–Trinajstić information content (AvgIpc) is 3.21. The van der Waals surface area contributed by atoms with Gasteiger partial charge in [0.2, 0.25) is 0 Å². The van der Waals surface area contributed by atoms with E-state index in [0.717, 1.165) is 45.3 Å². The van der Waals surface area contributed by atoms with E-state index in [9.17, 15) is 4.79 Å². The number of methoxy groups -OCH3 is 2. The van der Waals surface area contributed by atoms with Crippen molar-refractivity contribution in [2.75, 3.05) is 25.8 Å². The van der Waals surface area contributed by atoms with Crippen LogP contribution in [0.25, 0.3) is 22.0 Å². The largest absolute Gasteiger partial charge is 0.497 e. The van der Waals surface area contributed by atoms with Crippen LogP contribution in [-0.2, 0) is 17.7 Å². The molecule has 1 heterocycles. The van der Waals surface area contributed by atoms with E-state index in [1.807, 2.05) is 71.5 Å². The quantitative estimate of drug-likeness (QED) is 0.461. The van der Waals surface area contributed by atoms with Gasteiger partial charge in [0.05, 0.1) is 26.3 Å². The maximum absolute atomic E-state index is 13.0. The van der Waals surface area contributed by atoms with E-state index in [2.05, 4.69) is 12.1 Å². The predicted octanol–water partition coefficient (Wildman–Crippen LogP) is 4.72. The third kappa shape index (κ3) is 4.18. The highest BCUT2D eigenvalue weighted by Crippen LogP contribution is 2.30. The van der Waals surface area contributed by atoms with Gasteiger partial charge >= 0.3 is 6.09 Å². The minimum absolute atomic E-state index is 0.300. The molecule has 0 radical (unpaired) electrons. The average molecular weight is 430 g/mol. The van der Waals surface area contributed by atoms with E-state index in [0.29, 0.717) is 13.1 Å². The lowest BCUT2D eigenvalue weighted by Gasteiger charge is -2.25. The van der Waals surface area contributed by atoms with Gasteiger partial charge in [-0.15, -0.1) is 0 Å². The summed E-state index contributed by atoms with van der Waals surface area (Å²) in [6, 6.07) is 24.0. The summed E-state index contributed by atoms with van der Waals surface area (Å²) in [6.07, 6.45) is 2.24. The molecule has 2 N–H and O–H groups in total. The minimum Gasteiger partial charge on any atom is -0.497 e. The van der Waals surface area contributed by atoms with Crippen molar-refractivity contribution in [3.8, 4) is 16.9 Å². The van der Waals surface area contributed by atoms with Gasteiger partial charge in [-0.3, -0.25) is 4.68 Å². The van der Waals surface area contributed by atoms with Gasteiger partial charge in [-0.25, -0.2) is 9.80 Å². The van der Waals surface area contributed by atoms with Crippen molar-refractivity contribution in [2.24, 2.45) is 5.73 Å². The van der Waals surface area contributed by atoms with Gasteiger partial charge in [0.15, 0.2) is 0 Å². The van der Waals surface area contributed by atoms with Gasteiger partial charge < -0.3 is 15.2 Å². The lowest BCUT2D eigenvalue weighted by atomic mass is 9.99. The zero-order chi connectivity index (χ0) is 22.5. The molecule has 0 aliphatic rings. The molecular weight excluding hydrogens is 402 g/mol. The number of nitrogens with two attached hydrogens (primary N) is 1. The lowest BCUT2D eigenvalue weighted by Crippen LogP contribution is -2.39. The van der Waals surface area contributed by atoms with Crippen LogP contribution in [0, 0.1) is 0 Å². The number of hydrogen-bond acceptors (Lipinski definition) is 4. The highest BCUT2D eigenvalue weighted by molar-refractivity contribution is 5.88. The van der Waals surface area contributed by atoms with Crippen LogP contribution in [0.1, 0.15) is 11.1 Å². The lowest BCUT2D eigenvalue weighted by molar-refractivity contribution is 0.171. The van der Waals surface area contributed by atoms with E-state index in [1.54, 1.807) is 12.1 Å². The summed E-state index contributed by atoms with van der Waals surface area (Å²) in [5.74, 6) is 0.727. The summed E-state index contributed by atoms with van der Waals surface area (Å²) in [7, 11) is 3.03. The third-order valence-corrected chi connectivity index (χ3v) is 5.55. The number of amides is 1. The number of aromatic nitrogens is 1. The minimum atomic E-state index is -0.452. The Balaban J connectivity index is 1.84. The molecular formula is C26H27N3O3. The van der Waals surface area contributed by atoms with E-state index >= 15 is 0 Å². The molecule has 6 heteroatoms. The van der Waals surface area contributed by atoms with Gasteiger partial charge in [0, 0.05) is 11.6 Å². The summed E-state index contributed by atoms with van der Waals surface area (Å²) < 4.78 is 12.5. The van der Waals surface area contributed by atoms with Crippen LogP contribution in [0.2, 0.25) is 0 Å². The maximum atomic E-state index is 13.0. The van der Waals surface area contributed by atoms with Gasteiger partial charge in [-0.1, -0.05) is 54.6 Å². The Hall–Kier alpha value is -3.77. The number of fused-ring (bicyclic) bond motifs is 1. The third-order valence-electron chi connectivity index (χ3n) is 5.55. The van der Waals surface area contributed by atoms with Crippen molar-refractivity contribution < 1.29 is 14.3 Å². The molecule has 0 saturated carbocycles. The molecule has 4 aromatic rings. The first-order valence-electron chi connectivity index (χ1n) is 10.5. The number of para-hydroxylation sites is 1. The molecule has 3 aromatic carbocycles. The summed E-state index contributed by atoms with van der Waals surface area (Å²) in [6.45, 7) is 0.828. The first-order chi connectivity index (χ1) is 15.7. The van der Waals surface area contributed by atoms with Crippen molar-refractivity contribution in [1.29, 1.82) is 0 Å². The Bertz CT molecular complexity index is 1220. The van der Waals surface area contributed by atoms with Crippen LogP contribution >= 0.6 is 0 Å². The molecule has 32 heavy (non-hydrogen) atoms. The maximum Gasteiger partial charge on any atom is 0.429 e. The molecule has 164 valence electrons. The number of benzene rings is 3. The van der Waals surface area contributed by atoms with Gasteiger partial charge in [-0.2, -0.15) is 0 Å². The van der Waals surface area contributed by atoms with Crippen LogP contribution in [0.5, 0.6) is 5.75 Å². The van der Waals surface area contributed by atoms with Gasteiger partial charge in [0.25, 0.3) is 0 Å². The van der Waals surface area contributed by atoms with Gasteiger partial charge in [0.1, 0.15) is 5.75 Å². The standard InChI is InChI=1S/C26H27N3O3/c1-31-22-12-13-23(19-8-4-3-5-9-19)21(16-22)18-29(26(30)32-2)28-17-20(14-15-27)24-10-6-7-11-25(24)28/h3-13,16-17H,14-15,18,27H2,1-2H3. The van der Waals surface area contributed by atoms with Crippen molar-refractivity contribution in [3.05, 3.63) is 90.1 Å². The smallest absolute Gasteiger partial charge is 0.429 e. The molecule has 1 aromatic heterocycles. The van der Waals surface area contributed by atoms with Crippen molar-refractivity contribution in [2.45, 2.75) is 13.0 Å². The Labute approximate surface area is 187 Å². The number of carbonyl (C=O) groups is 1. The Morgan fingerprint density at radius 2 is 1.72 bits per heavy atom. The zero-order valence-corrected chi connectivity index (χ0v) is 18.3. The zero-order valence-electron chi connectivity index (χ0n) is 18.3. The monoisotopic (exact) mass is 429 g/mol. The Morgan fingerprint density at radius 3 is 2.44 bits per heavy atom. The number of carbonyl (C=O) groups excluding carboxylic acids is 1. The summed E-state index contributed by atoms with van der Waals surface area (Å²) >= 11 is 0. The van der Waals surface area contributed by atoms with Gasteiger partial charge in [-0.05, 0) is 53.4 Å². The fraction of sp³-hybridized carbons (Fsp3) is 0.192. The van der Waals surface area contributed by atoms with E-state index in [4.69, 9.17) is 15.2 Å². The van der Waals surface area contributed by atoms with Crippen LogP contribution in [-0.4, -0.2) is 31.5 Å². The molecule has 6 nitrogen and oxygen atoms in total. The second kappa shape index (κ2) is 9.58. The van der Waals surface area contributed by atoms with Crippen LogP contribution in [0.3, 0.4) is 0 Å². The molecule has 1 amide bonds. The van der Waals surface area contributed by atoms with Crippen molar-refractivity contribution >= 4 is 17.0 Å². The molecule has 0 aliphatic carbocycles. The number of nitrogens with zero attached hydrogens (tertiary/aromatic N) is 2. The second-order valence-corrected chi connectivity index (χ2v) is 7.47. The van der Waals surface area contributed by atoms with E-state index in [-0.39, 0.29) is 0 Å². The first-order valence-corrected chi connectivity index (χ1v) is 10.5. The topological polar surface area (TPSA) is 69.7 Å². The molecule has 0 atom stereocenters. The molecule has 0 spiro atoms. The molecule has 0 bridgehead atoms. The fourth-order valence-electron chi connectivity index (χ4n) is 4.01. The highest BCUT2D eigenvalue weighted by atomic mass is 16.5. The summed E-state index contributed by atoms with van der Waals surface area (Å²) in [4.78, 5) is 13.0. The molecule has 0 saturated heterocycles. The Kier molecular flexibility index (Phi) is 6.42. The van der Waals surface area contributed by atoms with Crippen molar-refractivity contribution in [1.82, 2.24) is 4.68 Å². The number of rotatable bonds is 7. The summed E-state index contributed by atoms with van der Waals surface area (Å²) in [5.41, 5.74) is 10.9. The summed E-state index contributed by atoms with van der Waals surface area (Å²) in [5, 5.41) is 2.67. The first kappa shape index (κ1) is 21.5. The fourth-order valence-corrected chi connectivity index (χ4v) is 4.01. The van der Waals surface area contributed by atoms with E-state index in [1.165, 1.54) is 7.11 Å². The molecule has 0 unspecified atom stereocenters. The molecule has 4 rings (SSSR count). The number of hydrogen-bond donors (Lipinski definition) is 1. The number of ether oxygens (including phenoxy) is 2. The normalized spacial score (nSPS) is 10.8. The van der Waals surface area contributed by atoms with Crippen LogP contribution in [0.4, 0.5) is 4.79 Å². The Morgan fingerprint density at radius 1 is 0.969 bits per heavy atom. The van der Waals surface area contributed by atoms with Crippen LogP contribution in [0.15, 0.2) is 79.0 Å².